The van der Waals surface area contributed by atoms with Crippen LogP contribution in [0, 0.1) is 0 Å². The van der Waals surface area contributed by atoms with Crippen molar-refractivity contribution in [1.29, 1.82) is 0 Å². The summed E-state index contributed by atoms with van der Waals surface area (Å²) in [5, 5.41) is 15.3. The predicted molar refractivity (Wildman–Crippen MR) is 181 cm³/mol. The van der Waals surface area contributed by atoms with Crippen molar-refractivity contribution in [3.05, 3.63) is 46.5 Å². The van der Waals surface area contributed by atoms with E-state index in [0.29, 0.717) is 17.4 Å². The highest BCUT2D eigenvalue weighted by atomic mass is 79.9. The van der Waals surface area contributed by atoms with Gasteiger partial charge in [-0.3, -0.25) is 14.4 Å². The molecule has 4 rings (SSSR count). The molecule has 5 atom stereocenters. The van der Waals surface area contributed by atoms with Gasteiger partial charge in [0.2, 0.25) is 17.6 Å². The molecule has 17 heteroatoms. The molecule has 15 nitrogen and oxygen atoms in total. The summed E-state index contributed by atoms with van der Waals surface area (Å²) in [4.78, 5) is 41.7. The smallest absolute Gasteiger partial charge is 0.303 e. The van der Waals surface area contributed by atoms with E-state index < -0.39 is 50.9 Å². The Bertz CT molecular complexity index is 1580. The summed E-state index contributed by atoms with van der Waals surface area (Å²) < 4.78 is 37.9. The fourth-order valence-electron chi connectivity index (χ4n) is 4.91. The summed E-state index contributed by atoms with van der Waals surface area (Å²) >= 11 is 3.40. The molecule has 1 N–H and O–H groups in total. The van der Waals surface area contributed by atoms with E-state index in [4.69, 9.17) is 27.9 Å². The minimum absolute atomic E-state index is 0.0682. The monoisotopic (exact) mass is 764 g/mol. The Morgan fingerprint density at radius 1 is 1.06 bits per heavy atom. The van der Waals surface area contributed by atoms with Gasteiger partial charge in [0.15, 0.2) is 26.8 Å². The van der Waals surface area contributed by atoms with Crippen LogP contribution in [-0.2, 0) is 50.7 Å². The molecule has 2 aromatic heterocycles. The SMILES string of the molecule is CCO[C@H]1O[C@H](CO[Si](C)(C)C(C)(C)C)[C@@H](n2cc(CNC(=O)CCc3nc(-c4ccc(Br)cc4)no3)nn2)[C@H](OC(C)=O)[C@@H]1OC(C)=O. The molecule has 0 saturated carbocycles. The van der Waals surface area contributed by atoms with Gasteiger partial charge >= 0.3 is 11.9 Å². The van der Waals surface area contributed by atoms with E-state index in [9.17, 15) is 14.4 Å². The first-order chi connectivity index (χ1) is 23.1. The molecule has 1 aromatic carbocycles. The number of benzene rings is 1. The molecule has 1 aliphatic heterocycles. The number of rotatable bonds is 14. The molecule has 49 heavy (non-hydrogen) atoms. The van der Waals surface area contributed by atoms with E-state index in [0.717, 1.165) is 10.0 Å². The van der Waals surface area contributed by atoms with Crippen LogP contribution in [0.15, 0.2) is 39.5 Å². The summed E-state index contributed by atoms with van der Waals surface area (Å²) in [6.07, 6.45) is -1.94. The number of amides is 1. The largest absolute Gasteiger partial charge is 0.456 e. The standard InChI is InChI=1S/C32H45BrN6O9Si/c1-9-43-31-29(46-20(3)41)28(45-19(2)40)27(24(47-31)18-44-49(7,8)32(4,5)6)39-17-23(36-38-39)16-34-25(42)14-15-26-35-30(37-48-26)21-10-12-22(33)13-11-21/h10-13,17,24,27-29,31H,9,14-16,18H2,1-8H3,(H,34,42)/t24-,27-,28+,29+,31+/m1/s1. The van der Waals surface area contributed by atoms with E-state index in [-0.39, 0.29) is 43.5 Å². The number of ether oxygens (including phenoxy) is 4. The van der Waals surface area contributed by atoms with Gasteiger partial charge in [0.25, 0.3) is 0 Å². The number of hydrogen-bond acceptors (Lipinski definition) is 13. The average molecular weight is 766 g/mol. The van der Waals surface area contributed by atoms with E-state index in [1.54, 1.807) is 13.1 Å². The lowest BCUT2D eigenvalue weighted by Gasteiger charge is -2.46. The summed E-state index contributed by atoms with van der Waals surface area (Å²) in [6.45, 7) is 15.4. The van der Waals surface area contributed by atoms with Crippen LogP contribution < -0.4 is 5.32 Å². The van der Waals surface area contributed by atoms with E-state index in [1.165, 1.54) is 18.5 Å². The van der Waals surface area contributed by atoms with E-state index in [1.807, 2.05) is 24.3 Å². The maximum atomic E-state index is 12.7. The van der Waals surface area contributed by atoms with Crippen molar-refractivity contribution in [3.63, 3.8) is 0 Å². The number of esters is 2. The summed E-state index contributed by atoms with van der Waals surface area (Å²) in [5.74, 6) is -0.670. The van der Waals surface area contributed by atoms with Crippen LogP contribution in [0.2, 0.25) is 18.1 Å². The second kappa shape index (κ2) is 16.5. The first-order valence-corrected chi connectivity index (χ1v) is 19.8. The second-order valence-electron chi connectivity index (χ2n) is 13.2. The number of carbonyl (C=O) groups excluding carboxylic acids is 3. The van der Waals surface area contributed by atoms with Crippen molar-refractivity contribution >= 4 is 42.1 Å². The fourth-order valence-corrected chi connectivity index (χ4v) is 6.19. The van der Waals surface area contributed by atoms with E-state index in [2.05, 4.69) is 75.6 Å². The minimum Gasteiger partial charge on any atom is -0.456 e. The van der Waals surface area contributed by atoms with Crippen LogP contribution in [0.4, 0.5) is 0 Å². The number of carbonyl (C=O) groups is 3. The van der Waals surface area contributed by atoms with Crippen molar-refractivity contribution in [3.8, 4) is 11.4 Å². The Labute approximate surface area is 295 Å². The quantitative estimate of drug-likeness (QED) is 0.179. The van der Waals surface area contributed by atoms with Gasteiger partial charge in [-0.05, 0) is 49.3 Å². The number of hydrogen-bond donors (Lipinski definition) is 1. The molecule has 268 valence electrons. The molecule has 0 spiro atoms. The van der Waals surface area contributed by atoms with Crippen molar-refractivity contribution in [1.82, 2.24) is 30.5 Å². The van der Waals surface area contributed by atoms with Crippen molar-refractivity contribution in [2.24, 2.45) is 0 Å². The molecule has 1 amide bonds. The van der Waals surface area contributed by atoms with Crippen LogP contribution in [0.3, 0.4) is 0 Å². The fraction of sp³-hybridized carbons (Fsp3) is 0.594. The number of nitrogens with zero attached hydrogens (tertiary/aromatic N) is 5. The topological polar surface area (TPSA) is 179 Å². The van der Waals surface area contributed by atoms with Gasteiger partial charge in [-0.2, -0.15) is 4.98 Å². The maximum absolute atomic E-state index is 12.7. The van der Waals surface area contributed by atoms with E-state index >= 15 is 0 Å². The lowest BCUT2D eigenvalue weighted by atomic mass is 9.95. The summed E-state index contributed by atoms with van der Waals surface area (Å²) in [5.41, 5.74) is 1.23. The second-order valence-corrected chi connectivity index (χ2v) is 18.9. The van der Waals surface area contributed by atoms with Crippen LogP contribution in [0.1, 0.15) is 65.6 Å². The molecule has 1 fully saturated rings. The average Bonchev–Trinajstić information content (AvgIpc) is 3.69. The molecule has 3 aromatic rings. The molecule has 1 aliphatic rings. The number of nitrogens with one attached hydrogen (secondary N) is 1. The Balaban J connectivity index is 1.49. The predicted octanol–water partition coefficient (Wildman–Crippen LogP) is 4.53. The molecular weight excluding hydrogens is 720 g/mol. The molecule has 0 radical (unpaired) electrons. The number of halogens is 1. The highest BCUT2D eigenvalue weighted by Gasteiger charge is 2.52. The molecular formula is C32H45BrN6O9Si. The zero-order valence-electron chi connectivity index (χ0n) is 29.1. The zero-order valence-corrected chi connectivity index (χ0v) is 31.7. The Hall–Kier alpha value is -3.51. The van der Waals surface area contributed by atoms with Gasteiger partial charge in [0.1, 0.15) is 17.8 Å². The molecule has 0 bridgehead atoms. The Morgan fingerprint density at radius 3 is 2.37 bits per heavy atom. The highest BCUT2D eigenvalue weighted by molar-refractivity contribution is 9.10. The van der Waals surface area contributed by atoms with Crippen LogP contribution in [0.5, 0.6) is 0 Å². The molecule has 0 aliphatic carbocycles. The number of aromatic nitrogens is 5. The highest BCUT2D eigenvalue weighted by Crippen LogP contribution is 2.39. The lowest BCUT2D eigenvalue weighted by Crippen LogP contribution is -2.60. The maximum Gasteiger partial charge on any atom is 0.303 e. The molecule has 0 unspecified atom stereocenters. The third-order valence-electron chi connectivity index (χ3n) is 8.43. The van der Waals surface area contributed by atoms with Gasteiger partial charge in [0.05, 0.1) is 19.3 Å². The van der Waals surface area contributed by atoms with Crippen LogP contribution in [-0.4, -0.2) is 89.1 Å². The third kappa shape index (κ3) is 10.3. The van der Waals surface area contributed by atoms with Gasteiger partial charge in [-0.15, -0.1) is 5.10 Å². The van der Waals surface area contributed by atoms with Crippen LogP contribution >= 0.6 is 15.9 Å². The normalized spacial score (nSPS) is 21.3. The van der Waals surface area contributed by atoms with Crippen LogP contribution in [0.25, 0.3) is 11.4 Å². The Kier molecular flexibility index (Phi) is 12.9. The summed E-state index contributed by atoms with van der Waals surface area (Å²) in [7, 11) is -2.25. The van der Waals surface area contributed by atoms with Gasteiger partial charge in [0, 0.05) is 43.3 Å². The summed E-state index contributed by atoms with van der Waals surface area (Å²) in [6, 6.07) is 6.68. The van der Waals surface area contributed by atoms with Gasteiger partial charge < -0.3 is 33.2 Å². The minimum atomic E-state index is -2.25. The van der Waals surface area contributed by atoms with Crippen molar-refractivity contribution < 1.29 is 42.3 Å². The zero-order chi connectivity index (χ0) is 35.9. The lowest BCUT2D eigenvalue weighted by molar-refractivity contribution is -0.291. The molecule has 3 heterocycles. The first-order valence-electron chi connectivity index (χ1n) is 16.1. The molecule has 1 saturated heterocycles. The van der Waals surface area contributed by atoms with Gasteiger partial charge in [-0.25, -0.2) is 4.68 Å². The van der Waals surface area contributed by atoms with Gasteiger partial charge in [-0.1, -0.05) is 47.1 Å². The third-order valence-corrected chi connectivity index (χ3v) is 13.5. The van der Waals surface area contributed by atoms with Crippen molar-refractivity contribution in [2.45, 2.75) is 110 Å². The Morgan fingerprint density at radius 2 is 1.73 bits per heavy atom. The number of aryl methyl sites for hydroxylation is 1. The first kappa shape index (κ1) is 38.3. The van der Waals surface area contributed by atoms with Crippen molar-refractivity contribution in [2.75, 3.05) is 13.2 Å².